The quantitative estimate of drug-likeness (QED) is 0.699. The highest BCUT2D eigenvalue weighted by Gasteiger charge is 2.40. The zero-order valence-corrected chi connectivity index (χ0v) is 12.8. The Kier molecular flexibility index (Phi) is 4.49. The predicted octanol–water partition coefficient (Wildman–Crippen LogP) is -1.47. The Morgan fingerprint density at radius 3 is 2.90 bits per heavy atom. The van der Waals surface area contributed by atoms with Crippen molar-refractivity contribution in [1.82, 2.24) is 19.2 Å². The highest BCUT2D eigenvalue weighted by molar-refractivity contribution is 7.89. The molecule has 1 aliphatic heterocycles. The Morgan fingerprint density at radius 2 is 2.33 bits per heavy atom. The van der Waals surface area contributed by atoms with E-state index in [1.165, 1.54) is 17.9 Å². The lowest BCUT2D eigenvalue weighted by molar-refractivity contribution is -0.129. The molecule has 1 atom stereocenters. The number of hydrogen-bond donors (Lipinski definition) is 2. The number of sulfonamides is 1. The van der Waals surface area contributed by atoms with Gasteiger partial charge in [0.1, 0.15) is 6.04 Å². The minimum atomic E-state index is -3.92. The number of ether oxygens (including phenoxy) is 1. The van der Waals surface area contributed by atoms with E-state index in [0.717, 1.165) is 4.31 Å². The van der Waals surface area contributed by atoms with Crippen molar-refractivity contribution in [3.8, 4) is 0 Å². The number of carbonyl (C=O) groups is 1. The molecule has 1 aromatic heterocycles. The van der Waals surface area contributed by atoms with Crippen LogP contribution in [0.1, 0.15) is 6.92 Å². The summed E-state index contributed by atoms with van der Waals surface area (Å²) in [6.45, 7) is 2.51. The second kappa shape index (κ2) is 6.00. The number of carbonyl (C=O) groups excluding carboxylic acids is 1. The molecule has 0 aromatic carbocycles. The van der Waals surface area contributed by atoms with E-state index in [4.69, 9.17) is 10.5 Å². The summed E-state index contributed by atoms with van der Waals surface area (Å²) in [5.41, 5.74) is 5.64. The van der Waals surface area contributed by atoms with Crippen molar-refractivity contribution in [3.05, 3.63) is 6.33 Å². The number of likely N-dealkylation sites (N-methyl/N-ethyl adjacent to an activating group) is 1. The number of nitrogen functional groups attached to an aromatic ring is 1. The van der Waals surface area contributed by atoms with Gasteiger partial charge in [-0.25, -0.2) is 13.4 Å². The minimum Gasteiger partial charge on any atom is -0.381 e. The van der Waals surface area contributed by atoms with E-state index in [-0.39, 0.29) is 36.5 Å². The van der Waals surface area contributed by atoms with Crippen LogP contribution in [0.25, 0.3) is 0 Å². The van der Waals surface area contributed by atoms with Gasteiger partial charge in [-0.1, -0.05) is 0 Å². The average molecular weight is 317 g/mol. The average Bonchev–Trinajstić information content (AvgIpc) is 2.79. The van der Waals surface area contributed by atoms with Crippen LogP contribution in [-0.2, 0) is 26.6 Å². The molecule has 1 amide bonds. The summed E-state index contributed by atoms with van der Waals surface area (Å²) in [4.78, 5) is 15.8. The van der Waals surface area contributed by atoms with Crippen molar-refractivity contribution in [1.29, 1.82) is 0 Å². The maximum atomic E-state index is 12.8. The van der Waals surface area contributed by atoms with Crippen LogP contribution in [0.15, 0.2) is 11.4 Å². The number of rotatable bonds is 4. The van der Waals surface area contributed by atoms with Gasteiger partial charge in [-0.15, -0.1) is 0 Å². The van der Waals surface area contributed by atoms with E-state index in [9.17, 15) is 13.2 Å². The molecule has 1 unspecified atom stereocenters. The van der Waals surface area contributed by atoms with Gasteiger partial charge in [0, 0.05) is 20.1 Å². The lowest BCUT2D eigenvalue weighted by Crippen LogP contribution is -2.56. The fourth-order valence-corrected chi connectivity index (χ4v) is 3.99. The fraction of sp³-hybridized carbons (Fsp3) is 0.636. The first kappa shape index (κ1) is 15.7. The van der Waals surface area contributed by atoms with E-state index in [1.807, 2.05) is 0 Å². The molecule has 1 aliphatic rings. The van der Waals surface area contributed by atoms with Crippen LogP contribution in [0.2, 0.25) is 0 Å². The van der Waals surface area contributed by atoms with Crippen molar-refractivity contribution < 1.29 is 17.9 Å². The largest absolute Gasteiger partial charge is 0.381 e. The lowest BCUT2D eigenvalue weighted by atomic mass is 10.2. The standard InChI is InChI=1S/C11H19N5O4S/c1-3-13-10(17)8-6-20-5-4-16(8)21(18,19)11-9(12)14-7-15(11)2/h7-8H,3-6,12H2,1-2H3,(H,13,17). The second-order valence-corrected chi connectivity index (χ2v) is 6.45. The molecule has 9 nitrogen and oxygen atoms in total. The summed E-state index contributed by atoms with van der Waals surface area (Å²) in [6, 6.07) is -0.905. The fourth-order valence-electron chi connectivity index (χ4n) is 2.24. The van der Waals surface area contributed by atoms with E-state index < -0.39 is 16.1 Å². The number of aromatic nitrogens is 2. The smallest absolute Gasteiger partial charge is 0.263 e. The van der Waals surface area contributed by atoms with Crippen LogP contribution >= 0.6 is 0 Å². The Balaban J connectivity index is 2.39. The summed E-state index contributed by atoms with van der Waals surface area (Å²) in [5.74, 6) is -0.472. The third kappa shape index (κ3) is 2.87. The second-order valence-electron chi connectivity index (χ2n) is 4.65. The Morgan fingerprint density at radius 1 is 1.62 bits per heavy atom. The zero-order chi connectivity index (χ0) is 15.6. The van der Waals surface area contributed by atoms with Crippen LogP contribution in [0.4, 0.5) is 5.82 Å². The first-order valence-electron chi connectivity index (χ1n) is 6.53. The highest BCUT2D eigenvalue weighted by atomic mass is 32.2. The number of nitrogens with zero attached hydrogens (tertiary/aromatic N) is 3. The number of anilines is 1. The van der Waals surface area contributed by atoms with Gasteiger partial charge in [0.05, 0.1) is 19.5 Å². The molecule has 118 valence electrons. The molecule has 0 radical (unpaired) electrons. The number of hydrogen-bond acceptors (Lipinski definition) is 6. The lowest BCUT2D eigenvalue weighted by Gasteiger charge is -2.33. The molecule has 0 bridgehead atoms. The summed E-state index contributed by atoms with van der Waals surface area (Å²) in [6.07, 6.45) is 1.32. The zero-order valence-electron chi connectivity index (χ0n) is 11.9. The van der Waals surface area contributed by atoms with Crippen LogP contribution in [-0.4, -0.2) is 60.5 Å². The molecule has 1 aromatic rings. The first-order valence-corrected chi connectivity index (χ1v) is 7.97. The predicted molar refractivity (Wildman–Crippen MR) is 74.8 cm³/mol. The van der Waals surface area contributed by atoms with Gasteiger partial charge in [-0.2, -0.15) is 4.31 Å². The van der Waals surface area contributed by atoms with Gasteiger partial charge >= 0.3 is 0 Å². The molecule has 0 aliphatic carbocycles. The Hall–Kier alpha value is -1.65. The highest BCUT2D eigenvalue weighted by Crippen LogP contribution is 2.24. The SMILES string of the molecule is CCNC(=O)C1COCCN1S(=O)(=O)c1c(N)ncn1C. The third-order valence-corrected chi connectivity index (χ3v) is 5.24. The van der Waals surface area contributed by atoms with Crippen molar-refractivity contribution in [2.45, 2.75) is 18.0 Å². The van der Waals surface area contributed by atoms with Crippen LogP contribution in [0.5, 0.6) is 0 Å². The van der Waals surface area contributed by atoms with Crippen molar-refractivity contribution in [2.75, 3.05) is 32.0 Å². The van der Waals surface area contributed by atoms with E-state index in [2.05, 4.69) is 10.3 Å². The Bertz CT molecular complexity index is 607. The number of nitrogens with two attached hydrogens (primary N) is 1. The number of nitrogens with one attached hydrogen (secondary N) is 1. The molecule has 1 saturated heterocycles. The Labute approximate surface area is 123 Å². The molecule has 3 N–H and O–H groups in total. The summed E-state index contributed by atoms with van der Waals surface area (Å²) < 4.78 is 33.2. The number of imidazole rings is 1. The van der Waals surface area contributed by atoms with Crippen LogP contribution < -0.4 is 11.1 Å². The molecular formula is C11H19N5O4S. The molecule has 0 saturated carbocycles. The normalized spacial score (nSPS) is 20.4. The molecule has 1 fully saturated rings. The number of morpholine rings is 1. The van der Waals surface area contributed by atoms with Gasteiger partial charge < -0.3 is 20.4 Å². The topological polar surface area (TPSA) is 120 Å². The molecule has 2 rings (SSSR count). The van der Waals surface area contributed by atoms with E-state index >= 15 is 0 Å². The monoisotopic (exact) mass is 317 g/mol. The van der Waals surface area contributed by atoms with E-state index in [0.29, 0.717) is 6.54 Å². The van der Waals surface area contributed by atoms with Gasteiger partial charge in [-0.3, -0.25) is 4.79 Å². The summed E-state index contributed by atoms with van der Waals surface area (Å²) >= 11 is 0. The summed E-state index contributed by atoms with van der Waals surface area (Å²) in [7, 11) is -2.39. The van der Waals surface area contributed by atoms with Crippen LogP contribution in [0.3, 0.4) is 0 Å². The third-order valence-electron chi connectivity index (χ3n) is 3.20. The first-order chi connectivity index (χ1) is 9.89. The number of amides is 1. The van der Waals surface area contributed by atoms with Gasteiger partial charge in [0.15, 0.2) is 10.8 Å². The number of aryl methyl sites for hydroxylation is 1. The van der Waals surface area contributed by atoms with Gasteiger partial charge in [-0.05, 0) is 6.92 Å². The maximum Gasteiger partial charge on any atom is 0.263 e. The molecule has 2 heterocycles. The van der Waals surface area contributed by atoms with Gasteiger partial charge in [0.25, 0.3) is 10.0 Å². The van der Waals surface area contributed by atoms with E-state index in [1.54, 1.807) is 6.92 Å². The summed E-state index contributed by atoms with van der Waals surface area (Å²) in [5, 5.41) is 2.50. The molecule has 21 heavy (non-hydrogen) atoms. The molecule has 10 heteroatoms. The van der Waals surface area contributed by atoms with Gasteiger partial charge in [0.2, 0.25) is 5.91 Å². The van der Waals surface area contributed by atoms with Crippen LogP contribution in [0, 0.1) is 0 Å². The maximum absolute atomic E-state index is 12.8. The van der Waals surface area contributed by atoms with Crippen molar-refractivity contribution >= 4 is 21.7 Å². The molecular weight excluding hydrogens is 298 g/mol. The minimum absolute atomic E-state index is 0.0167. The van der Waals surface area contributed by atoms with Crippen molar-refractivity contribution in [2.24, 2.45) is 7.05 Å². The van der Waals surface area contributed by atoms with Crippen molar-refractivity contribution in [3.63, 3.8) is 0 Å². The molecule has 0 spiro atoms.